The van der Waals surface area contributed by atoms with E-state index in [-0.39, 0.29) is 5.69 Å². The van der Waals surface area contributed by atoms with Crippen LogP contribution < -0.4 is 5.32 Å². The summed E-state index contributed by atoms with van der Waals surface area (Å²) in [6.45, 7) is 2.52. The highest BCUT2D eigenvalue weighted by Gasteiger charge is 2.17. The number of halogens is 1. The highest BCUT2D eigenvalue weighted by molar-refractivity contribution is 9.10. The van der Waals surface area contributed by atoms with Crippen LogP contribution in [0.5, 0.6) is 0 Å². The fourth-order valence-electron chi connectivity index (χ4n) is 1.50. The number of hydrogen-bond acceptors (Lipinski definition) is 6. The SMILES string of the molecule is CCc1cnc(CNc2c(Br)cncc2[N+](=O)[O-])s1. The summed E-state index contributed by atoms with van der Waals surface area (Å²) in [6.07, 6.45) is 5.52. The van der Waals surface area contributed by atoms with E-state index in [4.69, 9.17) is 0 Å². The monoisotopic (exact) mass is 342 g/mol. The van der Waals surface area contributed by atoms with E-state index in [1.165, 1.54) is 17.3 Å². The summed E-state index contributed by atoms with van der Waals surface area (Å²) in [5.74, 6) is 0. The van der Waals surface area contributed by atoms with Crippen LogP contribution in [0.3, 0.4) is 0 Å². The molecule has 0 amide bonds. The largest absolute Gasteiger partial charge is 0.372 e. The highest BCUT2D eigenvalue weighted by Crippen LogP contribution is 2.31. The van der Waals surface area contributed by atoms with Crippen molar-refractivity contribution in [3.05, 3.63) is 43.1 Å². The summed E-state index contributed by atoms with van der Waals surface area (Å²) in [5.41, 5.74) is 0.370. The molecule has 0 bridgehead atoms. The normalized spacial score (nSPS) is 10.4. The Morgan fingerprint density at radius 1 is 1.47 bits per heavy atom. The second-order valence-electron chi connectivity index (χ2n) is 3.70. The minimum absolute atomic E-state index is 0.0540. The van der Waals surface area contributed by atoms with Crippen molar-refractivity contribution in [3.63, 3.8) is 0 Å². The Labute approximate surface area is 122 Å². The van der Waals surface area contributed by atoms with Crippen LogP contribution in [-0.2, 0) is 13.0 Å². The van der Waals surface area contributed by atoms with Gasteiger partial charge in [0.1, 0.15) is 16.9 Å². The quantitative estimate of drug-likeness (QED) is 0.665. The van der Waals surface area contributed by atoms with E-state index < -0.39 is 4.92 Å². The number of nitro groups is 1. The number of rotatable bonds is 5. The van der Waals surface area contributed by atoms with E-state index in [9.17, 15) is 10.1 Å². The van der Waals surface area contributed by atoms with Gasteiger partial charge in [0.2, 0.25) is 0 Å². The maximum atomic E-state index is 10.9. The Morgan fingerprint density at radius 2 is 2.26 bits per heavy atom. The molecule has 6 nitrogen and oxygen atoms in total. The molecule has 2 rings (SSSR count). The van der Waals surface area contributed by atoms with Crippen molar-refractivity contribution in [2.45, 2.75) is 19.9 Å². The Morgan fingerprint density at radius 3 is 2.89 bits per heavy atom. The van der Waals surface area contributed by atoms with Gasteiger partial charge in [-0.15, -0.1) is 11.3 Å². The van der Waals surface area contributed by atoms with Crippen LogP contribution in [0.25, 0.3) is 0 Å². The standard InChI is InChI=1S/C11H11BrN4O2S/c1-2-7-3-14-10(19-7)6-15-11-8(12)4-13-5-9(11)16(17)18/h3-5H,2,6H2,1H3,(H,13,15). The molecule has 0 saturated carbocycles. The summed E-state index contributed by atoms with van der Waals surface area (Å²) in [5, 5.41) is 14.9. The van der Waals surface area contributed by atoms with Crippen molar-refractivity contribution in [2.75, 3.05) is 5.32 Å². The lowest BCUT2D eigenvalue weighted by atomic mass is 10.3. The second-order valence-corrected chi connectivity index (χ2v) is 5.75. The van der Waals surface area contributed by atoms with Crippen LogP contribution >= 0.6 is 27.3 Å². The van der Waals surface area contributed by atoms with Crippen molar-refractivity contribution in [1.82, 2.24) is 9.97 Å². The zero-order valence-corrected chi connectivity index (χ0v) is 12.5. The molecule has 0 aliphatic carbocycles. The summed E-state index contributed by atoms with van der Waals surface area (Å²) in [6, 6.07) is 0. The number of thiazole rings is 1. The minimum Gasteiger partial charge on any atom is -0.372 e. The second kappa shape index (κ2) is 6.07. The maximum Gasteiger partial charge on any atom is 0.311 e. The third-order valence-electron chi connectivity index (χ3n) is 2.44. The van der Waals surface area contributed by atoms with Crippen molar-refractivity contribution < 1.29 is 4.92 Å². The lowest BCUT2D eigenvalue weighted by Crippen LogP contribution is -2.03. The van der Waals surface area contributed by atoms with Crippen LogP contribution in [0.15, 0.2) is 23.1 Å². The van der Waals surface area contributed by atoms with E-state index in [1.54, 1.807) is 11.3 Å². The van der Waals surface area contributed by atoms with Crippen molar-refractivity contribution in [1.29, 1.82) is 0 Å². The van der Waals surface area contributed by atoms with Crippen molar-refractivity contribution in [2.24, 2.45) is 0 Å². The summed E-state index contributed by atoms with van der Waals surface area (Å²) < 4.78 is 0.564. The molecule has 0 unspecified atom stereocenters. The maximum absolute atomic E-state index is 10.9. The molecule has 2 aromatic rings. The summed E-state index contributed by atoms with van der Waals surface area (Å²) in [7, 11) is 0. The zero-order valence-electron chi connectivity index (χ0n) is 10.1. The van der Waals surface area contributed by atoms with Gasteiger partial charge >= 0.3 is 5.69 Å². The zero-order chi connectivity index (χ0) is 13.8. The van der Waals surface area contributed by atoms with Crippen molar-refractivity contribution >= 4 is 38.6 Å². The first-order chi connectivity index (χ1) is 9.11. The molecule has 100 valence electrons. The van der Waals surface area contributed by atoms with Crippen LogP contribution in [0.1, 0.15) is 16.8 Å². The Kier molecular flexibility index (Phi) is 4.43. The summed E-state index contributed by atoms with van der Waals surface area (Å²) in [4.78, 5) is 19.7. The van der Waals surface area contributed by atoms with E-state index >= 15 is 0 Å². The fraction of sp³-hybridized carbons (Fsp3) is 0.273. The van der Waals surface area contributed by atoms with Gasteiger partial charge in [0.25, 0.3) is 0 Å². The lowest BCUT2D eigenvalue weighted by molar-refractivity contribution is -0.384. The number of aryl methyl sites for hydroxylation is 1. The van der Waals surface area contributed by atoms with Gasteiger partial charge in [-0.3, -0.25) is 15.1 Å². The molecule has 0 aliphatic rings. The summed E-state index contributed by atoms with van der Waals surface area (Å²) >= 11 is 4.86. The Balaban J connectivity index is 2.17. The van der Waals surface area contributed by atoms with Gasteiger partial charge in [0.15, 0.2) is 0 Å². The van der Waals surface area contributed by atoms with Gasteiger partial charge in [0, 0.05) is 17.3 Å². The van der Waals surface area contributed by atoms with Crippen LogP contribution in [0, 0.1) is 10.1 Å². The number of nitrogens with zero attached hydrogens (tertiary/aromatic N) is 3. The first-order valence-corrected chi connectivity index (χ1v) is 7.18. The highest BCUT2D eigenvalue weighted by atomic mass is 79.9. The average Bonchev–Trinajstić information content (AvgIpc) is 2.85. The van der Waals surface area contributed by atoms with Gasteiger partial charge < -0.3 is 5.32 Å². The molecule has 2 aromatic heterocycles. The third kappa shape index (κ3) is 3.27. The first-order valence-electron chi connectivity index (χ1n) is 5.57. The molecular formula is C11H11BrN4O2S. The number of pyridine rings is 1. The Bertz CT molecular complexity index is 602. The molecule has 0 fully saturated rings. The van der Waals surface area contributed by atoms with Crippen LogP contribution in [0.2, 0.25) is 0 Å². The molecular weight excluding hydrogens is 332 g/mol. The number of hydrogen-bond donors (Lipinski definition) is 1. The predicted octanol–water partition coefficient (Wildman–Crippen LogP) is 3.38. The van der Waals surface area contributed by atoms with E-state index in [1.807, 2.05) is 6.20 Å². The molecule has 8 heteroatoms. The topological polar surface area (TPSA) is 81.0 Å². The smallest absolute Gasteiger partial charge is 0.311 e. The molecule has 0 saturated heterocycles. The van der Waals surface area contributed by atoms with Gasteiger partial charge in [-0.1, -0.05) is 6.92 Å². The molecule has 0 aromatic carbocycles. The molecule has 1 N–H and O–H groups in total. The predicted molar refractivity (Wildman–Crippen MR) is 77.4 cm³/mol. The molecule has 2 heterocycles. The average molecular weight is 343 g/mol. The number of nitrogens with one attached hydrogen (secondary N) is 1. The van der Waals surface area contributed by atoms with Crippen LogP contribution in [-0.4, -0.2) is 14.9 Å². The molecule has 0 spiro atoms. The molecule has 0 atom stereocenters. The lowest BCUT2D eigenvalue weighted by Gasteiger charge is -2.06. The number of anilines is 1. The Hall–Kier alpha value is -1.54. The van der Waals surface area contributed by atoms with E-state index in [0.717, 1.165) is 11.4 Å². The van der Waals surface area contributed by atoms with Gasteiger partial charge in [-0.05, 0) is 22.4 Å². The van der Waals surface area contributed by atoms with Gasteiger partial charge in [-0.2, -0.15) is 0 Å². The molecule has 19 heavy (non-hydrogen) atoms. The van der Waals surface area contributed by atoms with E-state index in [2.05, 4.69) is 38.1 Å². The first kappa shape index (κ1) is 13.9. The fourth-order valence-corrected chi connectivity index (χ4v) is 2.76. The van der Waals surface area contributed by atoms with Crippen molar-refractivity contribution in [3.8, 4) is 0 Å². The number of aromatic nitrogens is 2. The third-order valence-corrected chi connectivity index (χ3v) is 4.19. The van der Waals surface area contributed by atoms with Gasteiger partial charge in [-0.25, -0.2) is 4.98 Å². The van der Waals surface area contributed by atoms with Crippen LogP contribution in [0.4, 0.5) is 11.4 Å². The molecule has 0 radical (unpaired) electrons. The van der Waals surface area contributed by atoms with Gasteiger partial charge in [0.05, 0.1) is 15.9 Å². The minimum atomic E-state index is -0.459. The molecule has 0 aliphatic heterocycles. The van der Waals surface area contributed by atoms with E-state index in [0.29, 0.717) is 16.7 Å².